The van der Waals surface area contributed by atoms with E-state index in [9.17, 15) is 4.39 Å². The van der Waals surface area contributed by atoms with Gasteiger partial charge in [0, 0.05) is 24.2 Å². The van der Waals surface area contributed by atoms with E-state index < -0.39 is 0 Å². The van der Waals surface area contributed by atoms with Crippen LogP contribution in [0.1, 0.15) is 24.2 Å². The summed E-state index contributed by atoms with van der Waals surface area (Å²) in [7, 11) is 1.58. The summed E-state index contributed by atoms with van der Waals surface area (Å²) in [5, 5.41) is 3.38. The van der Waals surface area contributed by atoms with E-state index in [-0.39, 0.29) is 11.9 Å². The molecule has 2 rings (SSSR count). The van der Waals surface area contributed by atoms with E-state index in [4.69, 9.17) is 4.74 Å². The molecule has 5 heteroatoms. The summed E-state index contributed by atoms with van der Waals surface area (Å²) >= 11 is 0. The molecule has 1 unspecified atom stereocenters. The van der Waals surface area contributed by atoms with E-state index in [1.807, 2.05) is 13.0 Å². The van der Waals surface area contributed by atoms with Crippen molar-refractivity contribution >= 4 is 0 Å². The van der Waals surface area contributed by atoms with Gasteiger partial charge in [-0.3, -0.25) is 0 Å². The van der Waals surface area contributed by atoms with Crippen LogP contribution in [0.4, 0.5) is 4.39 Å². The first-order valence-corrected chi connectivity index (χ1v) is 6.56. The lowest BCUT2D eigenvalue weighted by Gasteiger charge is -2.18. The van der Waals surface area contributed by atoms with Gasteiger partial charge in [-0.25, -0.2) is 14.4 Å². The van der Waals surface area contributed by atoms with E-state index in [1.165, 1.54) is 18.5 Å². The van der Waals surface area contributed by atoms with Crippen LogP contribution >= 0.6 is 0 Å². The first kappa shape index (κ1) is 14.4. The molecule has 0 aliphatic heterocycles. The molecule has 1 atom stereocenters. The van der Waals surface area contributed by atoms with Gasteiger partial charge in [0.15, 0.2) is 0 Å². The third kappa shape index (κ3) is 3.74. The minimum Gasteiger partial charge on any atom is -0.481 e. The molecular formula is C15H18FN3O. The largest absolute Gasteiger partial charge is 0.481 e. The average Bonchev–Trinajstić information content (AvgIpc) is 2.48. The zero-order valence-corrected chi connectivity index (χ0v) is 11.6. The van der Waals surface area contributed by atoms with Crippen molar-refractivity contribution in [3.63, 3.8) is 0 Å². The Morgan fingerprint density at radius 2 is 2.00 bits per heavy atom. The third-order valence-corrected chi connectivity index (χ3v) is 3.04. The van der Waals surface area contributed by atoms with Crippen molar-refractivity contribution in [3.8, 4) is 5.88 Å². The highest BCUT2D eigenvalue weighted by Gasteiger charge is 2.12. The maximum atomic E-state index is 13.0. The zero-order chi connectivity index (χ0) is 14.4. The Kier molecular flexibility index (Phi) is 5.01. The van der Waals surface area contributed by atoms with Crippen LogP contribution in [0.3, 0.4) is 0 Å². The lowest BCUT2D eigenvalue weighted by Crippen LogP contribution is -2.23. The topological polar surface area (TPSA) is 47.0 Å². The fourth-order valence-electron chi connectivity index (χ4n) is 2.06. The smallest absolute Gasteiger partial charge is 0.216 e. The summed E-state index contributed by atoms with van der Waals surface area (Å²) in [6, 6.07) is 8.43. The summed E-state index contributed by atoms with van der Waals surface area (Å²) < 4.78 is 18.1. The molecule has 1 aromatic carbocycles. The van der Waals surface area contributed by atoms with Crippen molar-refractivity contribution in [2.24, 2.45) is 0 Å². The molecule has 4 nitrogen and oxygen atoms in total. The van der Waals surface area contributed by atoms with Crippen molar-refractivity contribution in [3.05, 3.63) is 53.7 Å². The second kappa shape index (κ2) is 6.96. The predicted octanol–water partition coefficient (Wildman–Crippen LogP) is 2.52. The Bertz CT molecular complexity index is 545. The number of methoxy groups -OCH3 is 1. The molecule has 0 amide bonds. The second-order valence-corrected chi connectivity index (χ2v) is 4.42. The molecule has 1 heterocycles. The van der Waals surface area contributed by atoms with Gasteiger partial charge in [0.2, 0.25) is 5.88 Å². The zero-order valence-electron chi connectivity index (χ0n) is 11.6. The van der Waals surface area contributed by atoms with E-state index in [0.29, 0.717) is 12.3 Å². The Morgan fingerprint density at radius 1 is 1.25 bits per heavy atom. The maximum absolute atomic E-state index is 13.0. The molecule has 2 aromatic rings. The molecule has 0 radical (unpaired) electrons. The Balaban J connectivity index is 2.18. The van der Waals surface area contributed by atoms with Gasteiger partial charge in [-0.1, -0.05) is 19.1 Å². The first-order chi connectivity index (χ1) is 9.72. The number of benzene rings is 1. The molecule has 0 saturated heterocycles. The molecule has 106 valence electrons. The SMILES string of the molecule is CCNC(Cc1cc(OC)ncn1)c1ccc(F)cc1. The van der Waals surface area contributed by atoms with Crippen molar-refractivity contribution in [2.75, 3.05) is 13.7 Å². The van der Waals surface area contributed by atoms with Crippen LogP contribution in [0.25, 0.3) is 0 Å². The van der Waals surface area contributed by atoms with E-state index in [0.717, 1.165) is 17.8 Å². The number of hydrogen-bond acceptors (Lipinski definition) is 4. The number of nitrogens with one attached hydrogen (secondary N) is 1. The van der Waals surface area contributed by atoms with Crippen molar-refractivity contribution in [2.45, 2.75) is 19.4 Å². The quantitative estimate of drug-likeness (QED) is 0.880. The summed E-state index contributed by atoms with van der Waals surface area (Å²) in [4.78, 5) is 8.24. The van der Waals surface area contributed by atoms with Gasteiger partial charge in [-0.15, -0.1) is 0 Å². The maximum Gasteiger partial charge on any atom is 0.216 e. The number of ether oxygens (including phenoxy) is 1. The van der Waals surface area contributed by atoms with Crippen molar-refractivity contribution < 1.29 is 9.13 Å². The highest BCUT2D eigenvalue weighted by Crippen LogP contribution is 2.19. The van der Waals surface area contributed by atoms with Crippen LogP contribution < -0.4 is 10.1 Å². The average molecular weight is 275 g/mol. The Labute approximate surface area is 118 Å². The summed E-state index contributed by atoms with van der Waals surface area (Å²) in [6.45, 7) is 2.86. The number of likely N-dealkylation sites (N-methyl/N-ethyl adjacent to an activating group) is 1. The molecule has 20 heavy (non-hydrogen) atoms. The van der Waals surface area contributed by atoms with E-state index in [2.05, 4.69) is 15.3 Å². The van der Waals surface area contributed by atoms with Gasteiger partial charge >= 0.3 is 0 Å². The third-order valence-electron chi connectivity index (χ3n) is 3.04. The van der Waals surface area contributed by atoms with Crippen LogP contribution in [-0.4, -0.2) is 23.6 Å². The summed E-state index contributed by atoms with van der Waals surface area (Å²) in [6.07, 6.45) is 2.18. The monoisotopic (exact) mass is 275 g/mol. The number of hydrogen-bond donors (Lipinski definition) is 1. The van der Waals surface area contributed by atoms with Crippen LogP contribution in [0.5, 0.6) is 5.88 Å². The summed E-state index contributed by atoms with van der Waals surface area (Å²) in [5.41, 5.74) is 1.91. The van der Waals surface area contributed by atoms with Gasteiger partial charge < -0.3 is 10.1 Å². The highest BCUT2D eigenvalue weighted by atomic mass is 19.1. The minimum atomic E-state index is -0.229. The highest BCUT2D eigenvalue weighted by molar-refractivity contribution is 5.23. The van der Waals surface area contributed by atoms with Gasteiger partial charge in [0.05, 0.1) is 7.11 Å². The second-order valence-electron chi connectivity index (χ2n) is 4.42. The van der Waals surface area contributed by atoms with Crippen molar-refractivity contribution in [1.82, 2.24) is 15.3 Å². The number of nitrogens with zero attached hydrogens (tertiary/aromatic N) is 2. The van der Waals surface area contributed by atoms with Crippen LogP contribution in [0.2, 0.25) is 0 Å². The van der Waals surface area contributed by atoms with Crippen LogP contribution in [0.15, 0.2) is 36.7 Å². The Morgan fingerprint density at radius 3 is 2.65 bits per heavy atom. The lowest BCUT2D eigenvalue weighted by molar-refractivity contribution is 0.395. The molecular weight excluding hydrogens is 257 g/mol. The number of halogens is 1. The first-order valence-electron chi connectivity index (χ1n) is 6.56. The van der Waals surface area contributed by atoms with Crippen LogP contribution in [0, 0.1) is 5.82 Å². The van der Waals surface area contributed by atoms with Gasteiger partial charge in [0.25, 0.3) is 0 Å². The molecule has 0 spiro atoms. The molecule has 0 fully saturated rings. The molecule has 0 aliphatic carbocycles. The number of rotatable bonds is 6. The van der Waals surface area contributed by atoms with Gasteiger partial charge in [-0.2, -0.15) is 0 Å². The molecule has 0 aliphatic rings. The Hall–Kier alpha value is -2.01. The fraction of sp³-hybridized carbons (Fsp3) is 0.333. The normalized spacial score (nSPS) is 12.2. The number of aromatic nitrogens is 2. The lowest BCUT2D eigenvalue weighted by atomic mass is 10.0. The van der Waals surface area contributed by atoms with E-state index >= 15 is 0 Å². The molecule has 1 aromatic heterocycles. The van der Waals surface area contributed by atoms with Crippen molar-refractivity contribution in [1.29, 1.82) is 0 Å². The van der Waals surface area contributed by atoms with E-state index in [1.54, 1.807) is 19.2 Å². The van der Waals surface area contributed by atoms with Gasteiger partial charge in [0.1, 0.15) is 12.1 Å². The molecule has 0 bridgehead atoms. The minimum absolute atomic E-state index is 0.0835. The molecule has 0 saturated carbocycles. The predicted molar refractivity (Wildman–Crippen MR) is 75.1 cm³/mol. The fourth-order valence-corrected chi connectivity index (χ4v) is 2.06. The molecule has 1 N–H and O–H groups in total. The van der Waals surface area contributed by atoms with Crippen LogP contribution in [-0.2, 0) is 6.42 Å². The van der Waals surface area contributed by atoms with Gasteiger partial charge in [-0.05, 0) is 24.2 Å². The standard InChI is InChI=1S/C15H18FN3O/c1-3-17-14(11-4-6-12(16)7-5-11)8-13-9-15(20-2)19-10-18-13/h4-7,9-10,14,17H,3,8H2,1-2H3. The summed E-state index contributed by atoms with van der Waals surface area (Å²) in [5.74, 6) is 0.317.